The summed E-state index contributed by atoms with van der Waals surface area (Å²) in [6.45, 7) is 6.02. The molecule has 0 unspecified atom stereocenters. The zero-order valence-corrected chi connectivity index (χ0v) is 11.4. The Morgan fingerprint density at radius 2 is 2.21 bits per heavy atom. The number of rotatable bonds is 3. The Bertz CT molecular complexity index is 511. The first-order chi connectivity index (χ1) is 8.95. The molecular formula is C14H18N2O3. The molecule has 1 aliphatic heterocycles. The third-order valence-corrected chi connectivity index (χ3v) is 2.78. The van der Waals surface area contributed by atoms with E-state index in [0.29, 0.717) is 5.75 Å². The lowest BCUT2D eigenvalue weighted by molar-refractivity contribution is -0.133. The van der Waals surface area contributed by atoms with E-state index in [2.05, 4.69) is 5.32 Å². The molecule has 0 spiro atoms. The van der Waals surface area contributed by atoms with E-state index in [1.165, 1.54) is 0 Å². The molecule has 102 valence electrons. The first kappa shape index (κ1) is 13.4. The Morgan fingerprint density at radius 3 is 2.89 bits per heavy atom. The highest BCUT2D eigenvalue weighted by molar-refractivity contribution is 5.89. The van der Waals surface area contributed by atoms with Crippen molar-refractivity contribution < 1.29 is 14.3 Å². The number of fused-ring (bicyclic) bond motifs is 1. The Kier molecular flexibility index (Phi) is 3.74. The van der Waals surface area contributed by atoms with E-state index in [1.807, 2.05) is 32.9 Å². The summed E-state index contributed by atoms with van der Waals surface area (Å²) in [5, 5.41) is 2.82. The van der Waals surface area contributed by atoms with Gasteiger partial charge >= 0.3 is 5.97 Å². The topological polar surface area (TPSA) is 58.6 Å². The zero-order chi connectivity index (χ0) is 14.0. The molecule has 2 rings (SSSR count). The van der Waals surface area contributed by atoms with Crippen molar-refractivity contribution in [2.45, 2.75) is 26.8 Å². The monoisotopic (exact) mass is 262 g/mol. The molecule has 0 saturated carbocycles. The largest absolute Gasteiger partial charge is 0.423 e. The van der Waals surface area contributed by atoms with Crippen molar-refractivity contribution in [1.82, 2.24) is 5.32 Å². The van der Waals surface area contributed by atoms with Crippen LogP contribution in [0.15, 0.2) is 18.2 Å². The average molecular weight is 262 g/mol. The second-order valence-corrected chi connectivity index (χ2v) is 5.02. The van der Waals surface area contributed by atoms with Gasteiger partial charge < -0.3 is 15.0 Å². The number of carbonyl (C=O) groups excluding carboxylic acids is 2. The zero-order valence-electron chi connectivity index (χ0n) is 11.4. The highest BCUT2D eigenvalue weighted by Crippen LogP contribution is 2.32. The molecule has 5 heteroatoms. The van der Waals surface area contributed by atoms with Crippen molar-refractivity contribution in [3.63, 3.8) is 0 Å². The van der Waals surface area contributed by atoms with Crippen LogP contribution in [0.25, 0.3) is 0 Å². The molecule has 1 aliphatic rings. The number of hydrogen-bond donors (Lipinski definition) is 1. The van der Waals surface area contributed by atoms with Crippen LogP contribution in [0.5, 0.6) is 5.75 Å². The number of carbonyl (C=O) groups is 2. The SMILES string of the molecule is Cc1ccc2c(c1)N(CC(=O)NC(C)C)CC(=O)O2. The predicted molar refractivity (Wildman–Crippen MR) is 72.3 cm³/mol. The summed E-state index contributed by atoms with van der Waals surface area (Å²) < 4.78 is 5.17. The fraction of sp³-hybridized carbons (Fsp3) is 0.429. The van der Waals surface area contributed by atoms with Crippen LogP contribution in [0, 0.1) is 6.92 Å². The maximum atomic E-state index is 11.8. The van der Waals surface area contributed by atoms with Gasteiger partial charge in [0.05, 0.1) is 12.2 Å². The predicted octanol–water partition coefficient (Wildman–Crippen LogP) is 1.25. The van der Waals surface area contributed by atoms with Crippen LogP contribution in [0.4, 0.5) is 5.69 Å². The number of anilines is 1. The Morgan fingerprint density at radius 1 is 1.47 bits per heavy atom. The van der Waals surface area contributed by atoms with Gasteiger partial charge in [0.2, 0.25) is 5.91 Å². The van der Waals surface area contributed by atoms with E-state index in [9.17, 15) is 9.59 Å². The molecule has 0 fully saturated rings. The summed E-state index contributed by atoms with van der Waals surface area (Å²) in [6, 6.07) is 5.64. The Labute approximate surface area is 112 Å². The minimum atomic E-state index is -0.339. The van der Waals surface area contributed by atoms with Gasteiger partial charge in [-0.05, 0) is 38.5 Å². The van der Waals surface area contributed by atoms with Gasteiger partial charge in [-0.1, -0.05) is 6.07 Å². The van der Waals surface area contributed by atoms with Crippen LogP contribution < -0.4 is 15.0 Å². The van der Waals surface area contributed by atoms with Gasteiger partial charge in [-0.3, -0.25) is 4.79 Å². The first-order valence-electron chi connectivity index (χ1n) is 6.31. The molecule has 1 heterocycles. The van der Waals surface area contributed by atoms with Crippen molar-refractivity contribution >= 4 is 17.6 Å². The van der Waals surface area contributed by atoms with E-state index in [1.54, 1.807) is 11.0 Å². The van der Waals surface area contributed by atoms with E-state index in [-0.39, 0.29) is 31.0 Å². The molecule has 0 saturated heterocycles. The maximum Gasteiger partial charge on any atom is 0.331 e. The first-order valence-corrected chi connectivity index (χ1v) is 6.31. The maximum absolute atomic E-state index is 11.8. The van der Waals surface area contributed by atoms with Crippen LogP contribution in [0.1, 0.15) is 19.4 Å². The number of esters is 1. The molecule has 1 N–H and O–H groups in total. The van der Waals surface area contributed by atoms with Gasteiger partial charge in [-0.15, -0.1) is 0 Å². The molecule has 1 aromatic rings. The fourth-order valence-electron chi connectivity index (χ4n) is 2.04. The van der Waals surface area contributed by atoms with E-state index < -0.39 is 0 Å². The van der Waals surface area contributed by atoms with Crippen LogP contribution >= 0.6 is 0 Å². The lowest BCUT2D eigenvalue weighted by atomic mass is 10.1. The normalized spacial score (nSPS) is 14.1. The van der Waals surface area contributed by atoms with Crippen molar-refractivity contribution in [3.8, 4) is 5.75 Å². The van der Waals surface area contributed by atoms with Crippen LogP contribution in [-0.4, -0.2) is 31.0 Å². The molecule has 19 heavy (non-hydrogen) atoms. The molecule has 1 aromatic carbocycles. The molecule has 5 nitrogen and oxygen atoms in total. The van der Waals surface area contributed by atoms with Crippen LogP contribution in [0.2, 0.25) is 0 Å². The summed E-state index contributed by atoms with van der Waals surface area (Å²) in [5.41, 5.74) is 1.85. The summed E-state index contributed by atoms with van der Waals surface area (Å²) in [5.74, 6) is 0.0741. The lowest BCUT2D eigenvalue weighted by Gasteiger charge is -2.29. The number of nitrogens with one attached hydrogen (secondary N) is 1. The minimum Gasteiger partial charge on any atom is -0.423 e. The van der Waals surface area contributed by atoms with Gasteiger partial charge in [-0.2, -0.15) is 0 Å². The number of amides is 1. The van der Waals surface area contributed by atoms with Gasteiger partial charge in [0.25, 0.3) is 0 Å². The third kappa shape index (κ3) is 3.24. The fourth-order valence-corrected chi connectivity index (χ4v) is 2.04. The Balaban J connectivity index is 2.20. The summed E-state index contributed by atoms with van der Waals surface area (Å²) in [4.78, 5) is 25.1. The van der Waals surface area contributed by atoms with E-state index in [4.69, 9.17) is 4.74 Å². The summed E-state index contributed by atoms with van der Waals surface area (Å²) >= 11 is 0. The average Bonchev–Trinajstić information content (AvgIpc) is 2.28. The second kappa shape index (κ2) is 5.30. The molecule has 0 radical (unpaired) electrons. The second-order valence-electron chi connectivity index (χ2n) is 5.02. The van der Waals surface area contributed by atoms with Crippen LogP contribution in [-0.2, 0) is 9.59 Å². The third-order valence-electron chi connectivity index (χ3n) is 2.78. The number of aryl methyl sites for hydroxylation is 1. The van der Waals surface area contributed by atoms with Crippen molar-refractivity contribution in [2.75, 3.05) is 18.0 Å². The van der Waals surface area contributed by atoms with E-state index in [0.717, 1.165) is 11.3 Å². The molecule has 0 aromatic heterocycles. The van der Waals surface area contributed by atoms with Crippen molar-refractivity contribution in [2.24, 2.45) is 0 Å². The molecule has 0 atom stereocenters. The number of hydrogen-bond acceptors (Lipinski definition) is 4. The standard InChI is InChI=1S/C14H18N2O3/c1-9(2)15-13(17)7-16-8-14(18)19-12-5-4-10(3)6-11(12)16/h4-6,9H,7-8H2,1-3H3,(H,15,17). The number of benzene rings is 1. The van der Waals surface area contributed by atoms with E-state index >= 15 is 0 Å². The molecular weight excluding hydrogens is 244 g/mol. The molecule has 1 amide bonds. The van der Waals surface area contributed by atoms with Crippen LogP contribution in [0.3, 0.4) is 0 Å². The summed E-state index contributed by atoms with van der Waals surface area (Å²) in [7, 11) is 0. The smallest absolute Gasteiger partial charge is 0.331 e. The molecule has 0 bridgehead atoms. The van der Waals surface area contributed by atoms with Gasteiger partial charge in [0.1, 0.15) is 6.54 Å². The van der Waals surface area contributed by atoms with Crippen molar-refractivity contribution in [1.29, 1.82) is 0 Å². The highest BCUT2D eigenvalue weighted by atomic mass is 16.5. The number of nitrogens with zero attached hydrogens (tertiary/aromatic N) is 1. The van der Waals surface area contributed by atoms with Gasteiger partial charge in [-0.25, -0.2) is 4.79 Å². The molecule has 0 aliphatic carbocycles. The van der Waals surface area contributed by atoms with Gasteiger partial charge in [0.15, 0.2) is 5.75 Å². The van der Waals surface area contributed by atoms with Gasteiger partial charge in [0, 0.05) is 6.04 Å². The minimum absolute atomic E-state index is 0.0845. The lowest BCUT2D eigenvalue weighted by Crippen LogP contribution is -2.44. The summed E-state index contributed by atoms with van der Waals surface area (Å²) in [6.07, 6.45) is 0. The Hall–Kier alpha value is -2.04. The van der Waals surface area contributed by atoms with Crippen molar-refractivity contribution in [3.05, 3.63) is 23.8 Å². The highest BCUT2D eigenvalue weighted by Gasteiger charge is 2.25. The quantitative estimate of drug-likeness (QED) is 0.658. The number of ether oxygens (including phenoxy) is 1.